The van der Waals surface area contributed by atoms with E-state index in [1.807, 2.05) is 0 Å². The minimum absolute atomic E-state index is 0.0712. The second kappa shape index (κ2) is 59.4. The maximum absolute atomic E-state index is 12.8. The van der Waals surface area contributed by atoms with Gasteiger partial charge in [0.2, 0.25) is 0 Å². The zero-order valence-electron chi connectivity index (χ0n) is 47.0. The molecule has 1 unspecified atom stereocenters. The Bertz CT molecular complexity index is 1320. The van der Waals surface area contributed by atoms with Gasteiger partial charge in [-0.3, -0.25) is 14.4 Å². The van der Waals surface area contributed by atoms with Gasteiger partial charge >= 0.3 is 17.9 Å². The first kappa shape index (κ1) is 67.8. The van der Waals surface area contributed by atoms with Crippen LogP contribution in [0.5, 0.6) is 0 Å². The first-order valence-corrected chi connectivity index (χ1v) is 30.4. The molecular formula is C65H114O6. The number of unbranched alkanes of at least 4 members (excludes halogenated alkanes) is 32. The van der Waals surface area contributed by atoms with E-state index in [1.165, 1.54) is 167 Å². The molecule has 0 saturated heterocycles. The molecule has 0 saturated carbocycles. The van der Waals surface area contributed by atoms with Gasteiger partial charge in [0.25, 0.3) is 0 Å². The predicted octanol–water partition coefficient (Wildman–Crippen LogP) is 20.5. The van der Waals surface area contributed by atoms with Crippen LogP contribution < -0.4 is 0 Å². The zero-order chi connectivity index (χ0) is 51.4. The highest BCUT2D eigenvalue weighted by molar-refractivity contribution is 5.71. The molecular weight excluding hydrogens is 877 g/mol. The van der Waals surface area contributed by atoms with Crippen molar-refractivity contribution >= 4 is 17.9 Å². The molecule has 0 aromatic rings. The van der Waals surface area contributed by atoms with Gasteiger partial charge in [-0.25, -0.2) is 0 Å². The average Bonchev–Trinajstić information content (AvgIpc) is 3.37. The summed E-state index contributed by atoms with van der Waals surface area (Å²) in [5, 5.41) is 0. The molecule has 0 rings (SSSR count). The van der Waals surface area contributed by atoms with Crippen LogP contribution in [0.25, 0.3) is 0 Å². The lowest BCUT2D eigenvalue weighted by molar-refractivity contribution is -0.167. The van der Waals surface area contributed by atoms with Crippen molar-refractivity contribution in [3.8, 4) is 0 Å². The van der Waals surface area contributed by atoms with Crippen LogP contribution in [0.4, 0.5) is 0 Å². The molecule has 0 aliphatic carbocycles. The fraction of sp³-hybridized carbons (Fsp3) is 0.769. The van der Waals surface area contributed by atoms with E-state index in [4.69, 9.17) is 14.2 Å². The van der Waals surface area contributed by atoms with E-state index in [1.54, 1.807) is 0 Å². The predicted molar refractivity (Wildman–Crippen MR) is 307 cm³/mol. The smallest absolute Gasteiger partial charge is 0.306 e. The summed E-state index contributed by atoms with van der Waals surface area (Å²) in [4.78, 5) is 38.0. The van der Waals surface area contributed by atoms with Gasteiger partial charge in [0.05, 0.1) is 0 Å². The Morgan fingerprint density at radius 3 is 0.859 bits per heavy atom. The fourth-order valence-electron chi connectivity index (χ4n) is 8.68. The van der Waals surface area contributed by atoms with Crippen molar-refractivity contribution in [2.24, 2.45) is 0 Å². The lowest BCUT2D eigenvalue weighted by Gasteiger charge is -2.18. The van der Waals surface area contributed by atoms with E-state index >= 15 is 0 Å². The van der Waals surface area contributed by atoms with Crippen LogP contribution in [0.15, 0.2) is 72.9 Å². The fourth-order valence-corrected chi connectivity index (χ4v) is 8.68. The highest BCUT2D eigenvalue weighted by atomic mass is 16.6. The van der Waals surface area contributed by atoms with Crippen LogP contribution in [0.2, 0.25) is 0 Å². The standard InChI is InChI=1S/C65H114O6/c1-4-7-10-13-16-18-20-22-24-25-26-27-28-29-30-31-32-33-34-35-36-37-38-39-41-42-44-46-49-52-55-58-64(67)70-61-62(60-69-63(66)57-54-51-48-15-12-9-6-3)71-65(68)59-56-53-50-47-45-43-40-23-21-19-17-14-11-8-5-2/h7,10,16,18,22,24,26-27,29-30,32-33,62H,4-6,8-9,11-15,17,19-21,23,25,28,31,34-61H2,1-3H3/b10-7-,18-16-,24-22-,27-26-,30-29-,33-32-. The van der Waals surface area contributed by atoms with Crippen LogP contribution >= 0.6 is 0 Å². The molecule has 0 aliphatic heterocycles. The normalized spacial score (nSPS) is 12.5. The number of ether oxygens (including phenoxy) is 3. The zero-order valence-corrected chi connectivity index (χ0v) is 47.0. The van der Waals surface area contributed by atoms with Gasteiger partial charge in [0, 0.05) is 19.3 Å². The molecule has 6 nitrogen and oxygen atoms in total. The number of rotatable bonds is 55. The summed E-state index contributed by atoms with van der Waals surface area (Å²) < 4.78 is 16.8. The van der Waals surface area contributed by atoms with Gasteiger partial charge < -0.3 is 14.2 Å². The molecule has 0 aliphatic rings. The minimum atomic E-state index is -0.769. The molecule has 0 aromatic carbocycles. The highest BCUT2D eigenvalue weighted by Gasteiger charge is 2.19. The van der Waals surface area contributed by atoms with Crippen molar-refractivity contribution in [2.75, 3.05) is 13.2 Å². The van der Waals surface area contributed by atoms with Crippen molar-refractivity contribution in [3.05, 3.63) is 72.9 Å². The Morgan fingerprint density at radius 2 is 0.549 bits per heavy atom. The number of carbonyl (C=O) groups is 3. The first-order chi connectivity index (χ1) is 35.0. The summed E-state index contributed by atoms with van der Waals surface area (Å²) in [7, 11) is 0. The summed E-state index contributed by atoms with van der Waals surface area (Å²) in [6.07, 6.45) is 76.4. The molecule has 0 radical (unpaired) electrons. The summed E-state index contributed by atoms with van der Waals surface area (Å²) in [6.45, 7) is 6.51. The maximum Gasteiger partial charge on any atom is 0.306 e. The van der Waals surface area contributed by atoms with Gasteiger partial charge in [-0.05, 0) is 70.6 Å². The molecule has 0 aromatic heterocycles. The monoisotopic (exact) mass is 991 g/mol. The number of allylic oxidation sites excluding steroid dienone is 12. The average molecular weight is 992 g/mol. The Balaban J connectivity index is 4.07. The van der Waals surface area contributed by atoms with Crippen LogP contribution in [0.1, 0.15) is 303 Å². The molecule has 71 heavy (non-hydrogen) atoms. The largest absolute Gasteiger partial charge is 0.462 e. The molecule has 410 valence electrons. The molecule has 0 fully saturated rings. The maximum atomic E-state index is 12.8. The summed E-state index contributed by atoms with van der Waals surface area (Å²) in [5.41, 5.74) is 0. The molecule has 6 heteroatoms. The Kier molecular flexibility index (Phi) is 56.8. The van der Waals surface area contributed by atoms with Crippen molar-refractivity contribution < 1.29 is 28.6 Å². The van der Waals surface area contributed by atoms with Crippen LogP contribution in [0.3, 0.4) is 0 Å². The number of hydrogen-bond acceptors (Lipinski definition) is 6. The quantitative estimate of drug-likeness (QED) is 0.0261. The third kappa shape index (κ3) is 57.6. The molecule has 0 N–H and O–H groups in total. The van der Waals surface area contributed by atoms with Crippen molar-refractivity contribution in [2.45, 2.75) is 309 Å². The molecule has 0 spiro atoms. The van der Waals surface area contributed by atoms with Crippen LogP contribution in [-0.2, 0) is 28.6 Å². The van der Waals surface area contributed by atoms with Crippen molar-refractivity contribution in [1.82, 2.24) is 0 Å². The molecule has 0 bridgehead atoms. The van der Waals surface area contributed by atoms with E-state index in [2.05, 4.69) is 93.7 Å². The third-order valence-corrected chi connectivity index (χ3v) is 13.2. The van der Waals surface area contributed by atoms with E-state index in [-0.39, 0.29) is 31.1 Å². The number of hydrogen-bond donors (Lipinski definition) is 0. The van der Waals surface area contributed by atoms with Crippen molar-refractivity contribution in [1.29, 1.82) is 0 Å². The second-order valence-electron chi connectivity index (χ2n) is 20.2. The topological polar surface area (TPSA) is 78.9 Å². The second-order valence-corrected chi connectivity index (χ2v) is 20.2. The van der Waals surface area contributed by atoms with E-state index in [9.17, 15) is 14.4 Å². The van der Waals surface area contributed by atoms with Gasteiger partial charge in [0.1, 0.15) is 13.2 Å². The lowest BCUT2D eigenvalue weighted by Crippen LogP contribution is -2.30. The molecule has 0 heterocycles. The first-order valence-electron chi connectivity index (χ1n) is 30.4. The van der Waals surface area contributed by atoms with Gasteiger partial charge in [-0.2, -0.15) is 0 Å². The van der Waals surface area contributed by atoms with Crippen LogP contribution in [-0.4, -0.2) is 37.2 Å². The number of carbonyl (C=O) groups excluding carboxylic acids is 3. The number of esters is 3. The summed E-state index contributed by atoms with van der Waals surface area (Å²) >= 11 is 0. The molecule has 1 atom stereocenters. The van der Waals surface area contributed by atoms with E-state index < -0.39 is 6.10 Å². The summed E-state index contributed by atoms with van der Waals surface area (Å²) in [5.74, 6) is -0.867. The van der Waals surface area contributed by atoms with Gasteiger partial charge in [0.15, 0.2) is 6.10 Å². The highest BCUT2D eigenvalue weighted by Crippen LogP contribution is 2.17. The minimum Gasteiger partial charge on any atom is -0.462 e. The molecule has 0 amide bonds. The third-order valence-electron chi connectivity index (χ3n) is 13.2. The SMILES string of the molecule is CC/C=C\C/C=C\C/C=C\C/C=C\C/C=C\C/C=C\CCCCCCCCCCCCCCC(=O)OCC(COC(=O)CCCCCCCCC)OC(=O)CCCCCCCCCCCCCCCCC. The Hall–Kier alpha value is -3.15. The summed E-state index contributed by atoms with van der Waals surface area (Å²) in [6, 6.07) is 0. The Labute approximate surface area is 440 Å². The van der Waals surface area contributed by atoms with Crippen molar-refractivity contribution in [3.63, 3.8) is 0 Å². The van der Waals surface area contributed by atoms with Crippen LogP contribution in [0, 0.1) is 0 Å². The van der Waals surface area contributed by atoms with Gasteiger partial charge in [-0.15, -0.1) is 0 Å². The lowest BCUT2D eigenvalue weighted by atomic mass is 10.0. The Morgan fingerprint density at radius 1 is 0.296 bits per heavy atom. The van der Waals surface area contributed by atoms with E-state index in [0.717, 1.165) is 96.3 Å². The van der Waals surface area contributed by atoms with E-state index in [0.29, 0.717) is 19.3 Å². The van der Waals surface area contributed by atoms with Gasteiger partial charge in [-0.1, -0.05) is 286 Å².